The van der Waals surface area contributed by atoms with Crippen LogP contribution in [0.15, 0.2) is 42.7 Å². The minimum Gasteiger partial charge on any atom is -0.375 e. The molecule has 2 saturated heterocycles. The van der Waals surface area contributed by atoms with E-state index in [1.54, 1.807) is 12.4 Å². The van der Waals surface area contributed by atoms with Gasteiger partial charge in [0, 0.05) is 56.4 Å². The van der Waals surface area contributed by atoms with Crippen LogP contribution in [-0.2, 0) is 9.47 Å². The summed E-state index contributed by atoms with van der Waals surface area (Å²) in [5, 5.41) is 6.79. The monoisotopic (exact) mass is 454 g/mol. The van der Waals surface area contributed by atoms with Gasteiger partial charge in [-0.3, -0.25) is 4.98 Å². The van der Waals surface area contributed by atoms with Crippen LogP contribution in [0.5, 0.6) is 0 Å². The molecule has 0 aliphatic carbocycles. The molecule has 2 atom stereocenters. The highest BCUT2D eigenvalue weighted by molar-refractivity contribution is 7.59. The van der Waals surface area contributed by atoms with Gasteiger partial charge in [-0.05, 0) is 25.1 Å². The van der Waals surface area contributed by atoms with E-state index in [-0.39, 0.29) is 25.7 Å². The number of aromatic nitrogens is 3. The Hall–Kier alpha value is -2.46. The molecule has 170 valence electrons. The number of ether oxygens (including phenoxy) is 2. The number of pyridine rings is 1. The molecule has 0 radical (unpaired) electrons. The molecule has 32 heavy (non-hydrogen) atoms. The Balaban J connectivity index is 0.00000245. The number of anilines is 2. The van der Waals surface area contributed by atoms with Crippen LogP contribution < -0.4 is 15.5 Å². The van der Waals surface area contributed by atoms with Crippen LogP contribution in [0.4, 0.5) is 11.5 Å². The summed E-state index contributed by atoms with van der Waals surface area (Å²) in [5.74, 6) is 0.737. The van der Waals surface area contributed by atoms with Crippen molar-refractivity contribution in [1.82, 2.24) is 20.3 Å². The maximum absolute atomic E-state index is 5.80. The summed E-state index contributed by atoms with van der Waals surface area (Å²) in [5.41, 5.74) is 4.73. The summed E-state index contributed by atoms with van der Waals surface area (Å²) in [6.07, 6.45) is 3.78. The third-order valence-electron chi connectivity index (χ3n) is 5.73. The number of rotatable bonds is 5. The van der Waals surface area contributed by atoms with Crippen LogP contribution in [0.25, 0.3) is 22.3 Å². The van der Waals surface area contributed by atoms with E-state index in [4.69, 9.17) is 14.5 Å². The first-order valence-corrected chi connectivity index (χ1v) is 10.9. The molecule has 2 N–H and O–H groups in total. The Kier molecular flexibility index (Phi) is 7.41. The Morgan fingerprint density at radius 3 is 2.75 bits per heavy atom. The molecule has 0 bridgehead atoms. The van der Waals surface area contributed by atoms with Gasteiger partial charge in [0.2, 0.25) is 0 Å². The molecule has 3 aromatic rings. The summed E-state index contributed by atoms with van der Waals surface area (Å²) in [6, 6.07) is 10.6. The third-order valence-corrected chi connectivity index (χ3v) is 5.73. The predicted octanol–water partition coefficient (Wildman–Crippen LogP) is 2.43. The lowest BCUT2D eigenvalue weighted by molar-refractivity contribution is 0.0372. The summed E-state index contributed by atoms with van der Waals surface area (Å²) < 4.78 is 11.5. The molecule has 5 rings (SSSR count). The average Bonchev–Trinajstić information content (AvgIpc) is 2.83. The Morgan fingerprint density at radius 1 is 1.12 bits per heavy atom. The number of nitrogens with zero attached hydrogens (tertiary/aromatic N) is 4. The molecular formula is C23H30N6O2S. The second-order valence-corrected chi connectivity index (χ2v) is 8.03. The number of benzene rings is 1. The zero-order chi connectivity index (χ0) is 21.0. The first-order valence-electron chi connectivity index (χ1n) is 10.9. The van der Waals surface area contributed by atoms with E-state index >= 15 is 0 Å². The molecule has 0 amide bonds. The van der Waals surface area contributed by atoms with E-state index in [0.29, 0.717) is 6.54 Å². The lowest BCUT2D eigenvalue weighted by Gasteiger charge is -2.33. The van der Waals surface area contributed by atoms with Gasteiger partial charge in [0.15, 0.2) is 5.82 Å². The molecular weight excluding hydrogens is 424 g/mol. The van der Waals surface area contributed by atoms with E-state index in [9.17, 15) is 0 Å². The lowest BCUT2D eigenvalue weighted by atomic mass is 10.1. The van der Waals surface area contributed by atoms with Gasteiger partial charge in [0.25, 0.3) is 0 Å². The van der Waals surface area contributed by atoms with Gasteiger partial charge in [-0.2, -0.15) is 13.5 Å². The van der Waals surface area contributed by atoms with Gasteiger partial charge in [-0.15, -0.1) is 0 Å². The summed E-state index contributed by atoms with van der Waals surface area (Å²) in [6.45, 7) is 7.84. The van der Waals surface area contributed by atoms with Crippen molar-refractivity contribution in [1.29, 1.82) is 0 Å². The zero-order valence-electron chi connectivity index (χ0n) is 18.3. The number of morpholine rings is 2. The zero-order valence-corrected chi connectivity index (χ0v) is 19.3. The predicted molar refractivity (Wildman–Crippen MR) is 132 cm³/mol. The summed E-state index contributed by atoms with van der Waals surface area (Å²) >= 11 is 0. The lowest BCUT2D eigenvalue weighted by Crippen LogP contribution is -2.42. The van der Waals surface area contributed by atoms with Crippen molar-refractivity contribution in [2.24, 2.45) is 0 Å². The largest absolute Gasteiger partial charge is 0.375 e. The highest BCUT2D eigenvalue weighted by Gasteiger charge is 2.18. The molecule has 2 aliphatic rings. The van der Waals surface area contributed by atoms with Crippen LogP contribution >= 0.6 is 13.5 Å². The Morgan fingerprint density at radius 2 is 1.97 bits per heavy atom. The average molecular weight is 455 g/mol. The quantitative estimate of drug-likeness (QED) is 0.608. The van der Waals surface area contributed by atoms with Crippen LogP contribution in [-0.4, -0.2) is 73.1 Å². The molecule has 0 saturated carbocycles. The molecule has 8 nitrogen and oxygen atoms in total. The summed E-state index contributed by atoms with van der Waals surface area (Å²) in [4.78, 5) is 16.3. The highest BCUT2D eigenvalue weighted by atomic mass is 32.1. The van der Waals surface area contributed by atoms with Crippen molar-refractivity contribution >= 4 is 36.0 Å². The number of hydrogen-bond acceptors (Lipinski definition) is 8. The van der Waals surface area contributed by atoms with Crippen molar-refractivity contribution < 1.29 is 9.47 Å². The number of hydrogen-bond donors (Lipinski definition) is 2. The second kappa shape index (κ2) is 10.4. The molecule has 2 aromatic heterocycles. The van der Waals surface area contributed by atoms with E-state index in [1.807, 2.05) is 6.07 Å². The standard InChI is InChI=1S/C23H28N6O2.H2S/c1-16-15-29(9-11-30-16)18-4-2-17(3-5-18)20-12-21-22(26-7-6-25-21)23(28-20)27-14-19-13-24-8-10-31-19;/h2-7,12,16,19,24H,8-11,13-15H2,1H3,(H,27,28);1H2/t16?,19-;/m0./s1. The van der Waals surface area contributed by atoms with Gasteiger partial charge in [0.05, 0.1) is 36.6 Å². The second-order valence-electron chi connectivity index (χ2n) is 8.03. The highest BCUT2D eigenvalue weighted by Crippen LogP contribution is 2.27. The van der Waals surface area contributed by atoms with E-state index in [1.165, 1.54) is 5.69 Å². The minimum absolute atomic E-state index is 0. The van der Waals surface area contributed by atoms with Crippen LogP contribution in [0.3, 0.4) is 0 Å². The molecule has 0 spiro atoms. The topological polar surface area (TPSA) is 84.4 Å². The third kappa shape index (κ3) is 5.12. The van der Waals surface area contributed by atoms with Crippen molar-refractivity contribution in [2.75, 3.05) is 56.2 Å². The molecule has 4 heterocycles. The van der Waals surface area contributed by atoms with Crippen molar-refractivity contribution in [3.63, 3.8) is 0 Å². The molecule has 1 aromatic carbocycles. The normalized spacial score (nSPS) is 21.2. The SMILES string of the molecule is CC1CN(c2ccc(-c3cc4nccnc4c(NC[C@@H]4CNCCO4)n3)cc2)CCO1.S. The van der Waals surface area contributed by atoms with E-state index in [0.717, 1.165) is 67.5 Å². The van der Waals surface area contributed by atoms with Crippen molar-refractivity contribution in [2.45, 2.75) is 19.1 Å². The van der Waals surface area contributed by atoms with Crippen LogP contribution in [0, 0.1) is 0 Å². The van der Waals surface area contributed by atoms with Gasteiger partial charge >= 0.3 is 0 Å². The first kappa shape index (κ1) is 22.7. The van der Waals surface area contributed by atoms with Crippen molar-refractivity contribution in [3.05, 3.63) is 42.7 Å². The molecule has 9 heteroatoms. The number of nitrogens with one attached hydrogen (secondary N) is 2. The fourth-order valence-electron chi connectivity index (χ4n) is 4.10. The van der Waals surface area contributed by atoms with Gasteiger partial charge in [-0.25, -0.2) is 9.97 Å². The fourth-order valence-corrected chi connectivity index (χ4v) is 4.10. The Labute approximate surface area is 195 Å². The number of fused-ring (bicyclic) bond motifs is 1. The summed E-state index contributed by atoms with van der Waals surface area (Å²) in [7, 11) is 0. The molecule has 2 aliphatic heterocycles. The van der Waals surface area contributed by atoms with Crippen molar-refractivity contribution in [3.8, 4) is 11.3 Å². The Bertz CT molecular complexity index is 1030. The van der Waals surface area contributed by atoms with Crippen LogP contribution in [0.1, 0.15) is 6.92 Å². The van der Waals surface area contributed by atoms with Gasteiger partial charge in [0.1, 0.15) is 5.52 Å². The van der Waals surface area contributed by atoms with Gasteiger partial charge in [-0.1, -0.05) is 12.1 Å². The van der Waals surface area contributed by atoms with E-state index in [2.05, 4.69) is 56.7 Å². The smallest absolute Gasteiger partial charge is 0.154 e. The van der Waals surface area contributed by atoms with Crippen LogP contribution in [0.2, 0.25) is 0 Å². The maximum Gasteiger partial charge on any atom is 0.154 e. The minimum atomic E-state index is 0. The molecule has 1 unspecified atom stereocenters. The first-order chi connectivity index (χ1) is 15.3. The maximum atomic E-state index is 5.80. The molecule has 2 fully saturated rings. The fraction of sp³-hybridized carbons (Fsp3) is 0.435. The van der Waals surface area contributed by atoms with E-state index < -0.39 is 0 Å². The van der Waals surface area contributed by atoms with Gasteiger partial charge < -0.3 is 25.0 Å².